The van der Waals surface area contributed by atoms with E-state index in [2.05, 4.69) is 32.3 Å². The second kappa shape index (κ2) is 7.58. The van der Waals surface area contributed by atoms with Gasteiger partial charge < -0.3 is 15.0 Å². The Morgan fingerprint density at radius 3 is 3.00 bits per heavy atom. The van der Waals surface area contributed by atoms with Crippen molar-refractivity contribution < 1.29 is 9.53 Å². The number of nitrogens with one attached hydrogen (secondary N) is 1. The van der Waals surface area contributed by atoms with Crippen LogP contribution in [0.25, 0.3) is 0 Å². The first-order valence-electron chi connectivity index (χ1n) is 7.39. The van der Waals surface area contributed by atoms with E-state index in [0.717, 1.165) is 15.0 Å². The fourth-order valence-corrected chi connectivity index (χ4v) is 4.68. The van der Waals surface area contributed by atoms with Crippen molar-refractivity contribution in [1.82, 2.24) is 15.2 Å². The van der Waals surface area contributed by atoms with Gasteiger partial charge in [-0.15, -0.1) is 11.3 Å². The summed E-state index contributed by atoms with van der Waals surface area (Å²) in [6.07, 6.45) is 2.06. The first kappa shape index (κ1) is 17.3. The first-order chi connectivity index (χ1) is 11.6. The van der Waals surface area contributed by atoms with Crippen LogP contribution >= 0.6 is 39.5 Å². The lowest BCUT2D eigenvalue weighted by Crippen LogP contribution is -2.31. The molecule has 1 aliphatic rings. The number of methoxy groups -OCH3 is 1. The highest BCUT2D eigenvalue weighted by atomic mass is 79.9. The minimum atomic E-state index is -0.245. The number of nitrogens with zero attached hydrogens (tertiary/aromatic N) is 2. The average molecular weight is 426 g/mol. The maximum atomic E-state index is 11.5. The Morgan fingerprint density at radius 1 is 1.54 bits per heavy atom. The second-order valence-electron chi connectivity index (χ2n) is 5.31. The number of carbonyl (C=O) groups excluding carboxylic acids is 1. The van der Waals surface area contributed by atoms with Crippen molar-refractivity contribution in [2.45, 2.75) is 18.5 Å². The minimum Gasteiger partial charge on any atom is -0.469 e. The standard InChI is InChI=1S/C16H16BrN3O2S2/c1-22-13(21)5-7-20-15(12-8-10(17)9-24-12)14(19-16(20)23)11-4-2-3-6-18-11/h2-4,6,8-9,14-15H,5,7H2,1H3,(H,19,23)/t14-,15-/m0/s1. The van der Waals surface area contributed by atoms with E-state index in [4.69, 9.17) is 17.0 Å². The molecule has 0 amide bonds. The largest absolute Gasteiger partial charge is 0.469 e. The number of carbonyl (C=O) groups is 1. The zero-order valence-corrected chi connectivity index (χ0v) is 16.2. The number of thiophene rings is 1. The molecule has 0 bridgehead atoms. The number of pyridine rings is 1. The molecule has 2 aromatic rings. The maximum absolute atomic E-state index is 11.5. The van der Waals surface area contributed by atoms with E-state index in [1.54, 1.807) is 17.5 Å². The number of thiocarbonyl (C=S) groups is 1. The Morgan fingerprint density at radius 2 is 2.38 bits per heavy atom. The summed E-state index contributed by atoms with van der Waals surface area (Å²) < 4.78 is 5.79. The Bertz CT molecular complexity index is 738. The van der Waals surface area contributed by atoms with Gasteiger partial charge in [0.15, 0.2) is 5.11 Å². The number of ether oxygens (including phenoxy) is 1. The highest BCUT2D eigenvalue weighted by Gasteiger charge is 2.40. The summed E-state index contributed by atoms with van der Waals surface area (Å²) in [7, 11) is 1.40. The van der Waals surface area contributed by atoms with E-state index in [-0.39, 0.29) is 24.5 Å². The van der Waals surface area contributed by atoms with Gasteiger partial charge in [0.25, 0.3) is 0 Å². The number of esters is 1. The van der Waals surface area contributed by atoms with Crippen molar-refractivity contribution >= 4 is 50.6 Å². The topological polar surface area (TPSA) is 54.5 Å². The fourth-order valence-electron chi connectivity index (χ4n) is 2.75. The number of aromatic nitrogens is 1. The smallest absolute Gasteiger partial charge is 0.307 e. The van der Waals surface area contributed by atoms with Gasteiger partial charge in [0.2, 0.25) is 0 Å². The first-order valence-corrected chi connectivity index (χ1v) is 9.47. The molecule has 2 aromatic heterocycles. The number of halogens is 1. The zero-order chi connectivity index (χ0) is 17.1. The lowest BCUT2D eigenvalue weighted by atomic mass is 10.0. The van der Waals surface area contributed by atoms with Gasteiger partial charge >= 0.3 is 5.97 Å². The van der Waals surface area contributed by atoms with Crippen molar-refractivity contribution in [2.24, 2.45) is 0 Å². The lowest BCUT2D eigenvalue weighted by molar-refractivity contribution is -0.140. The van der Waals surface area contributed by atoms with E-state index < -0.39 is 0 Å². The second-order valence-corrected chi connectivity index (χ2v) is 7.56. The molecule has 0 saturated carbocycles. The van der Waals surface area contributed by atoms with Crippen LogP contribution in [0.4, 0.5) is 0 Å². The normalized spacial score (nSPS) is 20.1. The molecule has 0 aromatic carbocycles. The van der Waals surface area contributed by atoms with Crippen LogP contribution < -0.4 is 5.32 Å². The third-order valence-electron chi connectivity index (χ3n) is 3.86. The van der Waals surface area contributed by atoms with Crippen molar-refractivity contribution in [1.29, 1.82) is 0 Å². The van der Waals surface area contributed by atoms with E-state index in [1.165, 1.54) is 7.11 Å². The van der Waals surface area contributed by atoms with Crippen LogP contribution in [0.15, 0.2) is 40.3 Å². The molecule has 0 radical (unpaired) electrons. The molecule has 1 N–H and O–H groups in total. The Hall–Kier alpha value is -1.51. The maximum Gasteiger partial charge on any atom is 0.307 e. The molecule has 1 saturated heterocycles. The molecule has 2 atom stereocenters. The summed E-state index contributed by atoms with van der Waals surface area (Å²) in [5, 5.41) is 6.03. The third-order valence-corrected chi connectivity index (χ3v) is 5.98. The molecular weight excluding hydrogens is 410 g/mol. The molecule has 0 aliphatic carbocycles. The molecule has 3 heterocycles. The van der Waals surface area contributed by atoms with Gasteiger partial charge in [-0.1, -0.05) is 6.07 Å². The van der Waals surface area contributed by atoms with Crippen molar-refractivity contribution in [3.8, 4) is 0 Å². The summed E-state index contributed by atoms with van der Waals surface area (Å²) in [5.74, 6) is -0.245. The number of hydrogen-bond acceptors (Lipinski definition) is 5. The Labute approximate surface area is 158 Å². The summed E-state index contributed by atoms with van der Waals surface area (Å²) in [4.78, 5) is 19.2. The Kier molecular flexibility index (Phi) is 5.47. The SMILES string of the molecule is COC(=O)CCN1C(=S)N[C@@H](c2ccccn2)[C@@H]1c1cc(Br)cs1. The van der Waals surface area contributed by atoms with Gasteiger partial charge in [-0.3, -0.25) is 9.78 Å². The molecule has 126 valence electrons. The lowest BCUT2D eigenvalue weighted by Gasteiger charge is -2.26. The summed E-state index contributed by atoms with van der Waals surface area (Å²) >= 11 is 10.7. The number of rotatable bonds is 5. The Balaban J connectivity index is 1.92. The molecule has 8 heteroatoms. The summed E-state index contributed by atoms with van der Waals surface area (Å²) in [5.41, 5.74) is 0.926. The fraction of sp³-hybridized carbons (Fsp3) is 0.312. The zero-order valence-electron chi connectivity index (χ0n) is 12.9. The van der Waals surface area contributed by atoms with Crippen LogP contribution in [-0.4, -0.2) is 34.6 Å². The summed E-state index contributed by atoms with van der Waals surface area (Å²) in [6.45, 7) is 0.502. The molecule has 5 nitrogen and oxygen atoms in total. The minimum absolute atomic E-state index is 0.00615. The van der Waals surface area contributed by atoms with Gasteiger partial charge in [-0.25, -0.2) is 0 Å². The van der Waals surface area contributed by atoms with Crippen LogP contribution in [0, 0.1) is 0 Å². The van der Waals surface area contributed by atoms with Gasteiger partial charge in [0.1, 0.15) is 0 Å². The van der Waals surface area contributed by atoms with Crippen LogP contribution in [-0.2, 0) is 9.53 Å². The van der Waals surface area contributed by atoms with Crippen LogP contribution in [0.5, 0.6) is 0 Å². The number of hydrogen-bond donors (Lipinski definition) is 1. The third kappa shape index (κ3) is 3.60. The van der Waals surface area contributed by atoms with E-state index in [0.29, 0.717) is 11.7 Å². The quantitative estimate of drug-likeness (QED) is 0.584. The van der Waals surface area contributed by atoms with Crippen molar-refractivity contribution in [2.75, 3.05) is 13.7 Å². The van der Waals surface area contributed by atoms with Crippen molar-refractivity contribution in [3.63, 3.8) is 0 Å². The highest BCUT2D eigenvalue weighted by Crippen LogP contribution is 2.41. The van der Waals surface area contributed by atoms with Crippen LogP contribution in [0.3, 0.4) is 0 Å². The highest BCUT2D eigenvalue weighted by molar-refractivity contribution is 9.10. The average Bonchev–Trinajstić information content (AvgIpc) is 3.16. The predicted octanol–water partition coefficient (Wildman–Crippen LogP) is 3.44. The van der Waals surface area contributed by atoms with E-state index in [9.17, 15) is 4.79 Å². The molecule has 1 fully saturated rings. The van der Waals surface area contributed by atoms with Crippen molar-refractivity contribution in [3.05, 3.63) is 50.9 Å². The molecular formula is C16H16BrN3O2S2. The molecule has 24 heavy (non-hydrogen) atoms. The molecule has 0 spiro atoms. The van der Waals surface area contributed by atoms with Gasteiger partial charge in [0.05, 0.1) is 31.3 Å². The molecule has 0 unspecified atom stereocenters. The summed E-state index contributed by atoms with van der Waals surface area (Å²) in [6, 6.07) is 7.87. The molecule has 3 rings (SSSR count). The van der Waals surface area contributed by atoms with Crippen LogP contribution in [0.2, 0.25) is 0 Å². The van der Waals surface area contributed by atoms with E-state index >= 15 is 0 Å². The van der Waals surface area contributed by atoms with Gasteiger partial charge in [0, 0.05) is 27.5 Å². The van der Waals surface area contributed by atoms with Crippen LogP contribution in [0.1, 0.15) is 29.1 Å². The van der Waals surface area contributed by atoms with E-state index in [1.807, 2.05) is 28.5 Å². The van der Waals surface area contributed by atoms with Gasteiger partial charge in [-0.2, -0.15) is 0 Å². The monoisotopic (exact) mass is 425 g/mol. The van der Waals surface area contributed by atoms with Gasteiger partial charge in [-0.05, 0) is 46.3 Å². The predicted molar refractivity (Wildman–Crippen MR) is 101 cm³/mol. The molecule has 1 aliphatic heterocycles.